The normalized spacial score (nSPS) is 35.7. The maximum absolute atomic E-state index is 13.3. The largest absolute Gasteiger partial charge is 0.413 e. The molecule has 0 bridgehead atoms. The van der Waals surface area contributed by atoms with E-state index in [4.69, 9.17) is 0 Å². The topological polar surface area (TPSA) is 3.24 Å². The van der Waals surface area contributed by atoms with Crippen LogP contribution in [0.25, 0.3) is 0 Å². The van der Waals surface area contributed by atoms with Crippen LogP contribution in [0, 0.1) is 5.92 Å². The first kappa shape index (κ1) is 11.9. The van der Waals surface area contributed by atoms with Crippen molar-refractivity contribution < 1.29 is 17.6 Å². The summed E-state index contributed by atoms with van der Waals surface area (Å²) in [4.78, 5) is 1.63. The molecule has 2 aliphatic rings. The highest BCUT2D eigenvalue weighted by Gasteiger charge is 2.53. The molecule has 1 saturated heterocycles. The van der Waals surface area contributed by atoms with E-state index in [1.807, 2.05) is 13.8 Å². The van der Waals surface area contributed by atoms with Crippen LogP contribution < -0.4 is 0 Å². The lowest BCUT2D eigenvalue weighted by atomic mass is 9.84. The molecule has 0 aromatic rings. The zero-order valence-corrected chi connectivity index (χ0v) is 9.31. The first-order chi connectivity index (χ1) is 7.25. The molecule has 92 valence electrons. The van der Waals surface area contributed by atoms with Crippen LogP contribution in [0.3, 0.4) is 0 Å². The van der Waals surface area contributed by atoms with Gasteiger partial charge < -0.3 is 0 Å². The Morgan fingerprint density at radius 3 is 2.50 bits per heavy atom. The first-order valence-electron chi connectivity index (χ1n) is 5.44. The molecule has 2 rings (SSSR count). The van der Waals surface area contributed by atoms with Crippen LogP contribution in [0.5, 0.6) is 0 Å². The molecule has 2 atom stereocenters. The number of hydrogen-bond donors (Lipinski definition) is 0. The van der Waals surface area contributed by atoms with E-state index in [1.165, 1.54) is 6.08 Å². The molecule has 2 aliphatic heterocycles. The maximum atomic E-state index is 13.3. The van der Waals surface area contributed by atoms with Crippen LogP contribution in [0.1, 0.15) is 20.3 Å². The summed E-state index contributed by atoms with van der Waals surface area (Å²) >= 11 is 0. The van der Waals surface area contributed by atoms with Crippen molar-refractivity contribution in [3.05, 3.63) is 11.6 Å². The van der Waals surface area contributed by atoms with Gasteiger partial charge in [-0.25, -0.2) is 4.39 Å². The smallest absolute Gasteiger partial charge is 0.287 e. The lowest BCUT2D eigenvalue weighted by Crippen LogP contribution is -2.43. The molecule has 0 aromatic heterocycles. The number of fused-ring (bicyclic) bond motifs is 1. The first-order valence-corrected chi connectivity index (χ1v) is 5.44. The maximum Gasteiger partial charge on any atom is 0.413 e. The molecular formula is C11H15F4N. The molecule has 0 radical (unpaired) electrons. The second kappa shape index (κ2) is 3.45. The van der Waals surface area contributed by atoms with Crippen LogP contribution in [-0.4, -0.2) is 35.9 Å². The highest BCUT2D eigenvalue weighted by Crippen LogP contribution is 2.46. The summed E-state index contributed by atoms with van der Waals surface area (Å²) in [6.45, 7) is 3.65. The van der Waals surface area contributed by atoms with E-state index >= 15 is 0 Å². The molecule has 0 spiro atoms. The fourth-order valence-corrected chi connectivity index (χ4v) is 2.81. The summed E-state index contributed by atoms with van der Waals surface area (Å²) in [5.74, 6) is -0.00639. The van der Waals surface area contributed by atoms with Gasteiger partial charge in [-0.2, -0.15) is 13.2 Å². The Morgan fingerprint density at radius 2 is 2.06 bits per heavy atom. The lowest BCUT2D eigenvalue weighted by molar-refractivity contribution is -0.0936. The SMILES string of the molecule is CC(C)[C@@]12C=C(C(F)(F)F)CN1C[C@H](F)C2. The summed E-state index contributed by atoms with van der Waals surface area (Å²) in [5, 5.41) is 0. The highest BCUT2D eigenvalue weighted by atomic mass is 19.4. The number of halogens is 4. The molecule has 0 N–H and O–H groups in total. The van der Waals surface area contributed by atoms with E-state index < -0.39 is 23.5 Å². The third-order valence-electron chi connectivity index (χ3n) is 3.70. The summed E-state index contributed by atoms with van der Waals surface area (Å²) in [5.41, 5.74) is -1.24. The Labute approximate surface area is 92.1 Å². The molecule has 0 saturated carbocycles. The van der Waals surface area contributed by atoms with E-state index in [-0.39, 0.29) is 25.4 Å². The van der Waals surface area contributed by atoms with E-state index in [9.17, 15) is 17.6 Å². The monoisotopic (exact) mass is 237 g/mol. The van der Waals surface area contributed by atoms with E-state index in [2.05, 4.69) is 0 Å². The third-order valence-corrected chi connectivity index (χ3v) is 3.70. The molecule has 1 nitrogen and oxygen atoms in total. The number of hydrogen-bond acceptors (Lipinski definition) is 1. The van der Waals surface area contributed by atoms with Gasteiger partial charge in [-0.3, -0.25) is 4.90 Å². The molecule has 1 fully saturated rings. The van der Waals surface area contributed by atoms with Crippen LogP contribution in [-0.2, 0) is 0 Å². The Bertz CT molecular complexity index is 320. The minimum Gasteiger partial charge on any atom is -0.287 e. The minimum absolute atomic E-state index is 0.00639. The van der Waals surface area contributed by atoms with E-state index in [0.717, 1.165) is 0 Å². The van der Waals surface area contributed by atoms with Gasteiger partial charge in [0.05, 0.1) is 0 Å². The van der Waals surface area contributed by atoms with Crippen molar-refractivity contribution in [2.45, 2.75) is 38.2 Å². The predicted octanol–water partition coefficient (Wildman–Crippen LogP) is 2.93. The quantitative estimate of drug-likeness (QED) is 0.500. The van der Waals surface area contributed by atoms with Crippen molar-refractivity contribution in [3.63, 3.8) is 0 Å². The van der Waals surface area contributed by atoms with Gasteiger partial charge in [0.1, 0.15) is 6.17 Å². The van der Waals surface area contributed by atoms with Crippen LogP contribution in [0.4, 0.5) is 17.6 Å². The van der Waals surface area contributed by atoms with Gasteiger partial charge in [-0.05, 0) is 5.92 Å². The molecule has 2 heterocycles. The van der Waals surface area contributed by atoms with Gasteiger partial charge in [-0.1, -0.05) is 19.9 Å². The van der Waals surface area contributed by atoms with Crippen LogP contribution in [0.15, 0.2) is 11.6 Å². The minimum atomic E-state index is -4.28. The van der Waals surface area contributed by atoms with Gasteiger partial charge in [-0.15, -0.1) is 0 Å². The van der Waals surface area contributed by atoms with Crippen LogP contribution in [0.2, 0.25) is 0 Å². The van der Waals surface area contributed by atoms with Gasteiger partial charge >= 0.3 is 6.18 Å². The molecule has 5 heteroatoms. The zero-order chi connectivity index (χ0) is 12.1. The summed E-state index contributed by atoms with van der Waals surface area (Å²) in [7, 11) is 0. The van der Waals surface area contributed by atoms with Gasteiger partial charge in [0.25, 0.3) is 0 Å². The Kier molecular flexibility index (Phi) is 2.57. The molecule has 16 heavy (non-hydrogen) atoms. The summed E-state index contributed by atoms with van der Waals surface area (Å²) in [6, 6.07) is 0. The standard InChI is InChI=1S/C11H15F4N/c1-7(2)10-3-8(11(13,14)15)5-16(10)6-9(12)4-10/h3,7,9H,4-6H2,1-2H3/t9-,10+/m1/s1. The second-order valence-corrected chi connectivity index (χ2v) is 5.00. The number of nitrogens with zero attached hydrogens (tertiary/aromatic N) is 1. The van der Waals surface area contributed by atoms with Crippen molar-refractivity contribution in [1.29, 1.82) is 0 Å². The third kappa shape index (κ3) is 1.65. The lowest BCUT2D eigenvalue weighted by Gasteiger charge is -2.34. The van der Waals surface area contributed by atoms with Gasteiger partial charge in [0.2, 0.25) is 0 Å². The van der Waals surface area contributed by atoms with Crippen molar-refractivity contribution in [1.82, 2.24) is 4.90 Å². The molecule has 0 aromatic carbocycles. The summed E-state index contributed by atoms with van der Waals surface area (Å²) < 4.78 is 51.2. The van der Waals surface area contributed by atoms with Crippen LogP contribution >= 0.6 is 0 Å². The second-order valence-electron chi connectivity index (χ2n) is 5.00. The highest BCUT2D eigenvalue weighted by molar-refractivity contribution is 5.30. The van der Waals surface area contributed by atoms with Gasteiger partial charge in [0, 0.05) is 30.6 Å². The predicted molar refractivity (Wildman–Crippen MR) is 52.8 cm³/mol. The van der Waals surface area contributed by atoms with E-state index in [0.29, 0.717) is 0 Å². The van der Waals surface area contributed by atoms with Crippen molar-refractivity contribution in [2.24, 2.45) is 5.92 Å². The van der Waals surface area contributed by atoms with Crippen molar-refractivity contribution in [3.8, 4) is 0 Å². The Morgan fingerprint density at radius 1 is 1.44 bits per heavy atom. The van der Waals surface area contributed by atoms with Crippen molar-refractivity contribution in [2.75, 3.05) is 13.1 Å². The fraction of sp³-hybridized carbons (Fsp3) is 0.818. The van der Waals surface area contributed by atoms with Gasteiger partial charge in [0.15, 0.2) is 0 Å². The molecule has 0 amide bonds. The Balaban J connectivity index is 2.33. The Hall–Kier alpha value is -0.580. The average molecular weight is 237 g/mol. The number of rotatable bonds is 1. The fourth-order valence-electron chi connectivity index (χ4n) is 2.81. The molecule has 0 aliphatic carbocycles. The molecular weight excluding hydrogens is 222 g/mol. The number of alkyl halides is 4. The molecule has 0 unspecified atom stereocenters. The zero-order valence-electron chi connectivity index (χ0n) is 9.31. The average Bonchev–Trinajstić information content (AvgIpc) is 2.55. The summed E-state index contributed by atoms with van der Waals surface area (Å²) in [6.07, 6.45) is -3.85. The van der Waals surface area contributed by atoms with Crippen molar-refractivity contribution >= 4 is 0 Å². The van der Waals surface area contributed by atoms with E-state index in [1.54, 1.807) is 4.90 Å².